The van der Waals surface area contributed by atoms with Gasteiger partial charge in [-0.05, 0) is 111 Å². The molecule has 4 rings (SSSR count). The highest BCUT2D eigenvalue weighted by Crippen LogP contribution is 2.49. The van der Waals surface area contributed by atoms with Gasteiger partial charge in [0.25, 0.3) is 0 Å². The topological polar surface area (TPSA) is 93.1 Å². The van der Waals surface area contributed by atoms with E-state index in [1.807, 2.05) is 0 Å². The third-order valence-corrected chi connectivity index (χ3v) is 9.44. The third-order valence-electron chi connectivity index (χ3n) is 9.44. The van der Waals surface area contributed by atoms with E-state index in [0.29, 0.717) is 37.9 Å². The smallest absolute Gasteiger partial charge is 0.416 e. The number of halogens is 4. The summed E-state index contributed by atoms with van der Waals surface area (Å²) in [5.41, 5.74) is 0.419. The second-order valence-electron chi connectivity index (χ2n) is 12.8. The highest BCUT2D eigenvalue weighted by molar-refractivity contribution is 5.88. The summed E-state index contributed by atoms with van der Waals surface area (Å²) < 4.78 is 65.3. The minimum absolute atomic E-state index is 0.0264. The molecule has 2 fully saturated rings. The lowest BCUT2D eigenvalue weighted by atomic mass is 9.75. The van der Waals surface area contributed by atoms with Crippen molar-refractivity contribution in [3.63, 3.8) is 0 Å². The van der Waals surface area contributed by atoms with Crippen LogP contribution in [0, 0.1) is 23.6 Å². The molecule has 6 nitrogen and oxygen atoms in total. The van der Waals surface area contributed by atoms with Gasteiger partial charge in [0.2, 0.25) is 0 Å². The van der Waals surface area contributed by atoms with E-state index in [9.17, 15) is 32.3 Å². The van der Waals surface area contributed by atoms with E-state index < -0.39 is 29.9 Å². The van der Waals surface area contributed by atoms with Crippen LogP contribution in [-0.2, 0) is 26.9 Å². The van der Waals surface area contributed by atoms with Crippen LogP contribution in [-0.4, -0.2) is 47.4 Å². The van der Waals surface area contributed by atoms with E-state index in [1.165, 1.54) is 18.2 Å². The van der Waals surface area contributed by atoms with Crippen molar-refractivity contribution in [2.75, 3.05) is 19.8 Å². The van der Waals surface area contributed by atoms with E-state index in [-0.39, 0.29) is 60.5 Å². The van der Waals surface area contributed by atoms with E-state index in [4.69, 9.17) is 14.6 Å². The summed E-state index contributed by atoms with van der Waals surface area (Å²) in [6.07, 6.45) is 1.40. The molecular weight excluding hydrogens is 604 g/mol. The summed E-state index contributed by atoms with van der Waals surface area (Å²) in [6.45, 7) is 5.98. The maximum absolute atomic E-state index is 13.6. The van der Waals surface area contributed by atoms with Gasteiger partial charge in [0, 0.05) is 18.9 Å². The second-order valence-corrected chi connectivity index (χ2v) is 12.8. The molecule has 1 saturated carbocycles. The Morgan fingerprint density at radius 1 is 1.13 bits per heavy atom. The van der Waals surface area contributed by atoms with Crippen LogP contribution in [0.5, 0.6) is 5.75 Å². The van der Waals surface area contributed by atoms with Crippen LogP contribution in [0.4, 0.5) is 17.6 Å². The summed E-state index contributed by atoms with van der Waals surface area (Å²) in [6, 6.07) is 9.60. The van der Waals surface area contributed by atoms with Gasteiger partial charge in [0.1, 0.15) is 17.2 Å². The van der Waals surface area contributed by atoms with E-state index in [2.05, 4.69) is 13.5 Å². The van der Waals surface area contributed by atoms with Crippen LogP contribution >= 0.6 is 0 Å². The lowest BCUT2D eigenvalue weighted by Crippen LogP contribution is -2.48. The molecule has 2 aliphatic rings. The van der Waals surface area contributed by atoms with Crippen molar-refractivity contribution in [1.29, 1.82) is 0 Å². The fourth-order valence-corrected chi connectivity index (χ4v) is 6.83. The van der Waals surface area contributed by atoms with Crippen LogP contribution in [0.15, 0.2) is 54.6 Å². The number of ketones is 1. The van der Waals surface area contributed by atoms with Gasteiger partial charge in [-0.3, -0.25) is 4.79 Å². The predicted molar refractivity (Wildman–Crippen MR) is 165 cm³/mol. The fraction of sp³-hybridized carbons (Fsp3) is 0.556. The molecule has 4 atom stereocenters. The fourth-order valence-electron chi connectivity index (χ4n) is 6.83. The molecule has 0 amide bonds. The zero-order chi connectivity index (χ0) is 33.5. The number of aryl methyl sites for hydroxylation is 1. The molecule has 46 heavy (non-hydrogen) atoms. The lowest BCUT2D eigenvalue weighted by molar-refractivity contribution is -0.159. The van der Waals surface area contributed by atoms with Gasteiger partial charge >= 0.3 is 12.1 Å². The summed E-state index contributed by atoms with van der Waals surface area (Å²) in [5.74, 6) is -1.70. The number of rotatable bonds is 17. The molecule has 0 bridgehead atoms. The van der Waals surface area contributed by atoms with Crippen LogP contribution < -0.4 is 4.74 Å². The largest absolute Gasteiger partial charge is 0.482 e. The Morgan fingerprint density at radius 3 is 2.41 bits per heavy atom. The normalized spacial score (nSPS) is 21.4. The minimum Gasteiger partial charge on any atom is -0.482 e. The van der Waals surface area contributed by atoms with Gasteiger partial charge in [0.15, 0.2) is 12.4 Å². The number of carbonyl (C=O) groups is 2. The first-order valence-electron chi connectivity index (χ1n) is 16.1. The predicted octanol–water partition coefficient (Wildman–Crippen LogP) is 7.91. The number of aliphatic hydroxyl groups excluding tert-OH is 1. The number of aliphatic carboxylic acids is 1. The van der Waals surface area contributed by atoms with Crippen LogP contribution in [0.1, 0.15) is 87.3 Å². The number of hydrogen-bond donors (Lipinski definition) is 2. The summed E-state index contributed by atoms with van der Waals surface area (Å²) in [4.78, 5) is 24.5. The molecule has 10 heteroatoms. The number of carboxylic acids is 1. The second kappa shape index (κ2) is 15.6. The molecule has 1 heterocycles. The Bertz CT molecular complexity index is 1340. The monoisotopic (exact) mass is 648 g/mol. The van der Waals surface area contributed by atoms with Crippen molar-refractivity contribution >= 4 is 11.8 Å². The molecular formula is C36H44F4O6. The number of hydrogen-bond acceptors (Lipinski definition) is 5. The average Bonchev–Trinajstić information content (AvgIpc) is 3.88. The van der Waals surface area contributed by atoms with Crippen LogP contribution in [0.25, 0.3) is 0 Å². The maximum Gasteiger partial charge on any atom is 0.416 e. The maximum atomic E-state index is 13.6. The molecule has 1 aliphatic heterocycles. The molecule has 2 N–H and O–H groups in total. The number of carbonyl (C=O) groups excluding carboxylic acids is 1. The molecule has 2 aromatic rings. The third kappa shape index (κ3) is 9.18. The average molecular weight is 649 g/mol. The van der Waals surface area contributed by atoms with Gasteiger partial charge in [-0.15, -0.1) is 0 Å². The zero-order valence-corrected chi connectivity index (χ0v) is 26.3. The Kier molecular flexibility index (Phi) is 12.1. The minimum atomic E-state index is -4.63. The lowest BCUT2D eigenvalue weighted by Gasteiger charge is -2.41. The van der Waals surface area contributed by atoms with Gasteiger partial charge < -0.3 is 19.7 Å². The van der Waals surface area contributed by atoms with E-state index in [0.717, 1.165) is 49.0 Å². The van der Waals surface area contributed by atoms with E-state index >= 15 is 0 Å². The highest BCUT2D eigenvalue weighted by Gasteiger charge is 2.53. The van der Waals surface area contributed by atoms with Crippen molar-refractivity contribution in [3.8, 4) is 5.75 Å². The molecule has 0 radical (unpaired) electrons. The number of Topliss-reactive ketones (excluding diaryl/α,β-unsaturated/α-hetero) is 1. The van der Waals surface area contributed by atoms with Crippen LogP contribution in [0.2, 0.25) is 0 Å². The molecule has 0 spiro atoms. The van der Waals surface area contributed by atoms with Gasteiger partial charge in [-0.2, -0.15) is 13.2 Å². The van der Waals surface area contributed by atoms with Crippen molar-refractivity contribution < 1.29 is 46.8 Å². The number of aliphatic hydroxyl groups is 1. The van der Waals surface area contributed by atoms with Gasteiger partial charge in [-0.25, -0.2) is 9.18 Å². The SMILES string of the molecule is C=C(C[C@@H](CO)C(CCC)c1ccc(F)cc1)C1CC[C@@](C(=O)CCCc2cc(OCC(=O)O)cc(C(F)(F)F)c2)(C2CC2)OC1. The summed E-state index contributed by atoms with van der Waals surface area (Å²) >= 11 is 0. The van der Waals surface area contributed by atoms with E-state index in [1.54, 1.807) is 12.1 Å². The Hall–Kier alpha value is -3.24. The van der Waals surface area contributed by atoms with Crippen LogP contribution in [0.3, 0.4) is 0 Å². The number of carboxylic acid groups (broad SMARTS) is 1. The first-order chi connectivity index (χ1) is 21.9. The summed E-state index contributed by atoms with van der Waals surface area (Å²) in [5, 5.41) is 19.2. The van der Waals surface area contributed by atoms with Gasteiger partial charge in [-0.1, -0.05) is 37.6 Å². The Labute approximate surface area is 267 Å². The standard InChI is InChI=1S/C36H44F4O6/c1-3-5-32(25-8-12-30(37)13-9-25)27(20-41)16-23(2)26-14-15-35(46-21-26,28-10-11-28)33(42)7-4-6-24-17-29(36(38,39)40)19-31(18-24)45-22-34(43)44/h8-9,12-13,17-19,26-28,32,41H,2-7,10-11,14-16,20-22H2,1H3,(H,43,44)/t26?,27-,32?,35-/m0/s1. The van der Waals surface area contributed by atoms with Crippen molar-refractivity contribution in [2.45, 2.75) is 88.8 Å². The number of benzene rings is 2. The molecule has 0 aromatic heterocycles. The van der Waals surface area contributed by atoms with Crippen molar-refractivity contribution in [1.82, 2.24) is 0 Å². The molecule has 2 aromatic carbocycles. The van der Waals surface area contributed by atoms with Gasteiger partial charge in [0.05, 0.1) is 12.2 Å². The molecule has 1 aliphatic carbocycles. The highest BCUT2D eigenvalue weighted by atomic mass is 19.4. The summed E-state index contributed by atoms with van der Waals surface area (Å²) in [7, 11) is 0. The van der Waals surface area contributed by atoms with Crippen molar-refractivity contribution in [3.05, 3.63) is 77.1 Å². The first kappa shape index (κ1) is 35.6. The number of alkyl halides is 3. The first-order valence-corrected chi connectivity index (χ1v) is 16.1. The molecule has 252 valence electrons. The zero-order valence-electron chi connectivity index (χ0n) is 26.3. The molecule has 1 saturated heterocycles. The Balaban J connectivity index is 1.36. The van der Waals surface area contributed by atoms with Crippen molar-refractivity contribution in [2.24, 2.45) is 17.8 Å². The number of ether oxygens (including phenoxy) is 2. The Morgan fingerprint density at radius 2 is 1.85 bits per heavy atom. The molecule has 2 unspecified atom stereocenters. The quantitative estimate of drug-likeness (QED) is 0.134.